The highest BCUT2D eigenvalue weighted by Crippen LogP contribution is 2.33. The molecule has 2 N–H and O–H groups in total. The van der Waals surface area contributed by atoms with E-state index in [0.29, 0.717) is 11.4 Å². The molecule has 2 aromatic carbocycles. The van der Waals surface area contributed by atoms with Gasteiger partial charge in [-0.1, -0.05) is 0 Å². The Labute approximate surface area is 203 Å². The van der Waals surface area contributed by atoms with Gasteiger partial charge in [0, 0.05) is 18.0 Å². The van der Waals surface area contributed by atoms with E-state index in [9.17, 15) is 21.6 Å². The molecule has 186 valence electrons. The van der Waals surface area contributed by atoms with Gasteiger partial charge in [0.15, 0.2) is 0 Å². The van der Waals surface area contributed by atoms with Crippen molar-refractivity contribution in [2.45, 2.75) is 4.90 Å². The fourth-order valence-electron chi connectivity index (χ4n) is 3.06. The molecule has 0 aliphatic rings. The highest BCUT2D eigenvalue weighted by Gasteiger charge is 2.25. The van der Waals surface area contributed by atoms with Gasteiger partial charge in [-0.05, 0) is 48.5 Å². The van der Waals surface area contributed by atoms with Gasteiger partial charge in [0.25, 0.3) is 10.0 Å². The number of hydrogen-bond donors (Lipinski definition) is 2. The molecule has 13 heteroatoms. The number of methoxy groups -OCH3 is 2. The number of carbonyl (C=O) groups is 1. The van der Waals surface area contributed by atoms with Crippen molar-refractivity contribution >= 4 is 43.0 Å². The Bertz CT molecular complexity index is 1400. The predicted octanol–water partition coefficient (Wildman–Crippen LogP) is 2.30. The van der Waals surface area contributed by atoms with Crippen LogP contribution in [0.2, 0.25) is 0 Å². The van der Waals surface area contributed by atoms with Crippen molar-refractivity contribution in [2.24, 2.45) is 0 Å². The van der Waals surface area contributed by atoms with E-state index in [-0.39, 0.29) is 22.0 Å². The number of carbonyl (C=O) groups excluding carboxylic acids is 1. The summed E-state index contributed by atoms with van der Waals surface area (Å²) in [5.41, 5.74) is 0.715. The van der Waals surface area contributed by atoms with Crippen LogP contribution in [0.3, 0.4) is 0 Å². The molecular formula is C22H24N4O7S2. The molecule has 0 unspecified atom stereocenters. The first-order valence-corrected chi connectivity index (χ1v) is 13.4. The zero-order chi connectivity index (χ0) is 25.6. The largest absolute Gasteiger partial charge is 0.497 e. The van der Waals surface area contributed by atoms with E-state index in [0.717, 1.165) is 10.6 Å². The van der Waals surface area contributed by atoms with Crippen molar-refractivity contribution in [3.63, 3.8) is 0 Å². The molecule has 3 rings (SSSR count). The molecule has 3 aromatic rings. The summed E-state index contributed by atoms with van der Waals surface area (Å²) in [4.78, 5) is 16.5. The highest BCUT2D eigenvalue weighted by atomic mass is 32.2. The lowest BCUT2D eigenvalue weighted by Crippen LogP contribution is -2.37. The number of nitrogens with one attached hydrogen (secondary N) is 2. The van der Waals surface area contributed by atoms with Crippen LogP contribution in [0.15, 0.2) is 71.9 Å². The van der Waals surface area contributed by atoms with Crippen LogP contribution >= 0.6 is 0 Å². The van der Waals surface area contributed by atoms with Gasteiger partial charge in [-0.25, -0.2) is 16.8 Å². The van der Waals surface area contributed by atoms with Crippen LogP contribution in [0, 0.1) is 0 Å². The van der Waals surface area contributed by atoms with Crippen molar-refractivity contribution < 1.29 is 31.1 Å². The summed E-state index contributed by atoms with van der Waals surface area (Å²) in [6, 6.07) is 13.1. The maximum atomic E-state index is 12.7. The number of nitrogens with zero attached hydrogens (tertiary/aromatic N) is 2. The second kappa shape index (κ2) is 10.6. The lowest BCUT2D eigenvalue weighted by molar-refractivity contribution is -0.114. The second-order valence-corrected chi connectivity index (χ2v) is 10.8. The monoisotopic (exact) mass is 520 g/mol. The van der Waals surface area contributed by atoms with Gasteiger partial charge in [-0.2, -0.15) is 0 Å². The van der Waals surface area contributed by atoms with Crippen LogP contribution in [0.1, 0.15) is 0 Å². The molecular weight excluding hydrogens is 496 g/mol. The molecule has 11 nitrogen and oxygen atoms in total. The number of anilines is 3. The Hall–Kier alpha value is -3.84. The Morgan fingerprint density at radius 3 is 2.26 bits per heavy atom. The molecule has 35 heavy (non-hydrogen) atoms. The van der Waals surface area contributed by atoms with E-state index in [2.05, 4.69) is 15.0 Å². The van der Waals surface area contributed by atoms with Crippen LogP contribution in [-0.4, -0.2) is 54.7 Å². The maximum Gasteiger partial charge on any atom is 0.261 e. The van der Waals surface area contributed by atoms with E-state index >= 15 is 0 Å². The Morgan fingerprint density at radius 2 is 1.69 bits per heavy atom. The molecule has 0 bridgehead atoms. The molecule has 1 amide bonds. The van der Waals surface area contributed by atoms with Crippen LogP contribution < -0.4 is 23.8 Å². The number of pyridine rings is 1. The predicted molar refractivity (Wildman–Crippen MR) is 132 cm³/mol. The molecule has 0 fully saturated rings. The van der Waals surface area contributed by atoms with Gasteiger partial charge >= 0.3 is 0 Å². The van der Waals surface area contributed by atoms with Crippen LogP contribution in [0.5, 0.6) is 11.5 Å². The smallest absolute Gasteiger partial charge is 0.261 e. The number of ether oxygens (including phenoxy) is 2. The van der Waals surface area contributed by atoms with Gasteiger partial charge in [0.2, 0.25) is 15.9 Å². The molecule has 0 atom stereocenters. The number of aromatic nitrogens is 1. The number of sulfonamides is 2. The number of amides is 1. The molecule has 0 aliphatic heterocycles. The third kappa shape index (κ3) is 6.61. The van der Waals surface area contributed by atoms with Gasteiger partial charge in [-0.15, -0.1) is 0 Å². The summed E-state index contributed by atoms with van der Waals surface area (Å²) >= 11 is 0. The number of hydrogen-bond acceptors (Lipinski definition) is 8. The molecule has 0 aliphatic carbocycles. The molecule has 0 spiro atoms. The quantitative estimate of drug-likeness (QED) is 0.414. The Kier molecular flexibility index (Phi) is 7.82. The highest BCUT2D eigenvalue weighted by molar-refractivity contribution is 7.92. The lowest BCUT2D eigenvalue weighted by atomic mass is 10.2. The normalized spacial score (nSPS) is 11.4. The zero-order valence-electron chi connectivity index (χ0n) is 19.1. The number of rotatable bonds is 10. The Balaban J connectivity index is 1.76. The zero-order valence-corrected chi connectivity index (χ0v) is 20.8. The summed E-state index contributed by atoms with van der Waals surface area (Å²) in [6.07, 6.45) is 3.86. The van der Waals surface area contributed by atoms with Gasteiger partial charge < -0.3 is 14.8 Å². The van der Waals surface area contributed by atoms with E-state index in [1.54, 1.807) is 18.2 Å². The summed E-state index contributed by atoms with van der Waals surface area (Å²) in [7, 11) is -4.93. The molecule has 0 radical (unpaired) electrons. The van der Waals surface area contributed by atoms with Gasteiger partial charge in [-0.3, -0.25) is 18.8 Å². The number of benzene rings is 2. The maximum absolute atomic E-state index is 12.7. The first-order valence-electron chi connectivity index (χ1n) is 10.1. The standard InChI is InChI=1S/C22H24N4O7S2/c1-32-18-8-11-21(33-2)20(13-18)26(34(3,28)29)15-22(27)24-16-6-9-19(10-7-16)35(30,31)25-17-5-4-12-23-14-17/h4-14,25H,15H2,1-3H3,(H,24,27). The summed E-state index contributed by atoms with van der Waals surface area (Å²) < 4.78 is 63.7. The van der Waals surface area contributed by atoms with Crippen molar-refractivity contribution in [3.8, 4) is 11.5 Å². The molecule has 1 heterocycles. The second-order valence-electron chi connectivity index (χ2n) is 7.23. The van der Waals surface area contributed by atoms with Crippen molar-refractivity contribution in [3.05, 3.63) is 67.0 Å². The van der Waals surface area contributed by atoms with Gasteiger partial charge in [0.1, 0.15) is 18.0 Å². The molecule has 1 aromatic heterocycles. The summed E-state index contributed by atoms with van der Waals surface area (Å²) in [6.45, 7) is -0.551. The fraction of sp³-hybridized carbons (Fsp3) is 0.182. The van der Waals surface area contributed by atoms with Crippen molar-refractivity contribution in [2.75, 3.05) is 41.4 Å². The van der Waals surface area contributed by atoms with E-state index in [1.807, 2.05) is 0 Å². The summed E-state index contributed by atoms with van der Waals surface area (Å²) in [5, 5.41) is 2.57. The average molecular weight is 521 g/mol. The lowest BCUT2D eigenvalue weighted by Gasteiger charge is -2.24. The van der Waals surface area contributed by atoms with E-state index in [1.165, 1.54) is 63.0 Å². The van der Waals surface area contributed by atoms with Crippen molar-refractivity contribution in [1.82, 2.24) is 4.98 Å². The Morgan fingerprint density at radius 1 is 0.971 bits per heavy atom. The third-order valence-electron chi connectivity index (χ3n) is 4.70. The van der Waals surface area contributed by atoms with E-state index < -0.39 is 32.5 Å². The first-order chi connectivity index (χ1) is 16.5. The van der Waals surface area contributed by atoms with Crippen LogP contribution in [0.25, 0.3) is 0 Å². The van der Waals surface area contributed by atoms with E-state index in [4.69, 9.17) is 9.47 Å². The fourth-order valence-corrected chi connectivity index (χ4v) is 4.95. The average Bonchev–Trinajstić information content (AvgIpc) is 2.82. The third-order valence-corrected chi connectivity index (χ3v) is 7.23. The first kappa shape index (κ1) is 25.8. The van der Waals surface area contributed by atoms with Crippen molar-refractivity contribution in [1.29, 1.82) is 0 Å². The van der Waals surface area contributed by atoms with Crippen LogP contribution in [0.4, 0.5) is 17.1 Å². The minimum absolute atomic E-state index is 0.0294. The molecule has 0 saturated heterocycles. The minimum atomic E-state index is -3.87. The van der Waals surface area contributed by atoms with Crippen LogP contribution in [-0.2, 0) is 24.8 Å². The minimum Gasteiger partial charge on any atom is -0.497 e. The SMILES string of the molecule is COc1ccc(OC)c(N(CC(=O)Nc2ccc(S(=O)(=O)Nc3cccnc3)cc2)S(C)(=O)=O)c1. The topological polar surface area (TPSA) is 144 Å². The summed E-state index contributed by atoms with van der Waals surface area (Å²) in [5.74, 6) is -0.0318. The molecule has 0 saturated carbocycles. The van der Waals surface area contributed by atoms with Gasteiger partial charge in [0.05, 0.1) is 42.9 Å².